The van der Waals surface area contributed by atoms with Crippen LogP contribution in [0.25, 0.3) is 0 Å². The number of carbonyl (C=O) groups is 1. The van der Waals surface area contributed by atoms with Crippen LogP contribution in [0.4, 0.5) is 30.2 Å². The van der Waals surface area contributed by atoms with Crippen molar-refractivity contribution in [3.8, 4) is 0 Å². The van der Waals surface area contributed by atoms with E-state index in [1.54, 1.807) is 12.1 Å². The Kier molecular flexibility index (Phi) is 6.93. The van der Waals surface area contributed by atoms with E-state index in [0.717, 1.165) is 11.4 Å². The van der Waals surface area contributed by atoms with Gasteiger partial charge in [-0.15, -0.1) is 0 Å². The van der Waals surface area contributed by atoms with Crippen LogP contribution in [0, 0.1) is 0 Å². The third-order valence-corrected chi connectivity index (χ3v) is 4.93. The molecule has 0 saturated heterocycles. The molecule has 0 aliphatic heterocycles. The van der Waals surface area contributed by atoms with Crippen LogP contribution in [0.1, 0.15) is 19.4 Å². The topological polar surface area (TPSA) is 54.3 Å². The maximum absolute atomic E-state index is 13.0. The van der Waals surface area contributed by atoms with Crippen molar-refractivity contribution in [1.29, 1.82) is 0 Å². The second kappa shape index (κ2) is 9.48. The van der Waals surface area contributed by atoms with Crippen LogP contribution in [-0.4, -0.2) is 16.5 Å². The lowest BCUT2D eigenvalue weighted by molar-refractivity contribution is -0.138. The molecule has 0 aliphatic rings. The third kappa shape index (κ3) is 5.50. The SMILES string of the molecule is CC(C)N(c1ccccc1)c1ccc(NC(=O)Cn2cc(C(F)(F)F)cc(Cl)c2=O)cc1. The van der Waals surface area contributed by atoms with Gasteiger partial charge in [-0.3, -0.25) is 9.59 Å². The Morgan fingerprint density at radius 1 is 1.06 bits per heavy atom. The summed E-state index contributed by atoms with van der Waals surface area (Å²) in [6.45, 7) is 3.51. The highest BCUT2D eigenvalue weighted by atomic mass is 35.5. The highest BCUT2D eigenvalue weighted by Crippen LogP contribution is 2.30. The van der Waals surface area contributed by atoms with Gasteiger partial charge in [0, 0.05) is 29.3 Å². The zero-order chi connectivity index (χ0) is 23.5. The number of rotatable bonds is 6. The van der Waals surface area contributed by atoms with Crippen molar-refractivity contribution in [2.75, 3.05) is 10.2 Å². The number of para-hydroxylation sites is 1. The van der Waals surface area contributed by atoms with Crippen molar-refractivity contribution in [2.45, 2.75) is 32.6 Å². The molecule has 3 rings (SSSR count). The number of pyridine rings is 1. The van der Waals surface area contributed by atoms with E-state index in [4.69, 9.17) is 11.6 Å². The molecule has 1 heterocycles. The van der Waals surface area contributed by atoms with E-state index >= 15 is 0 Å². The number of nitrogens with zero attached hydrogens (tertiary/aromatic N) is 2. The number of benzene rings is 2. The number of anilines is 3. The predicted molar refractivity (Wildman–Crippen MR) is 120 cm³/mol. The molecule has 168 valence electrons. The molecule has 0 unspecified atom stereocenters. The Hall–Kier alpha value is -3.26. The Morgan fingerprint density at radius 2 is 1.66 bits per heavy atom. The number of alkyl halides is 3. The van der Waals surface area contributed by atoms with Crippen LogP contribution in [0.2, 0.25) is 5.02 Å². The zero-order valence-corrected chi connectivity index (χ0v) is 18.1. The fraction of sp³-hybridized carbons (Fsp3) is 0.217. The van der Waals surface area contributed by atoms with Crippen molar-refractivity contribution in [2.24, 2.45) is 0 Å². The smallest absolute Gasteiger partial charge is 0.339 e. The normalized spacial score (nSPS) is 11.5. The van der Waals surface area contributed by atoms with E-state index in [-0.39, 0.29) is 6.04 Å². The van der Waals surface area contributed by atoms with E-state index in [1.807, 2.05) is 42.5 Å². The lowest BCUT2D eigenvalue weighted by Gasteiger charge is -2.29. The van der Waals surface area contributed by atoms with Gasteiger partial charge in [0.05, 0.1) is 5.56 Å². The number of hydrogen-bond acceptors (Lipinski definition) is 3. The first-order valence-electron chi connectivity index (χ1n) is 9.77. The van der Waals surface area contributed by atoms with Crippen LogP contribution in [-0.2, 0) is 17.5 Å². The molecular formula is C23H21ClF3N3O2. The number of carbonyl (C=O) groups excluding carboxylic acids is 1. The number of aromatic nitrogens is 1. The van der Waals surface area contributed by atoms with Gasteiger partial charge in [0.1, 0.15) is 11.6 Å². The van der Waals surface area contributed by atoms with E-state index in [0.29, 0.717) is 22.5 Å². The maximum atomic E-state index is 13.0. The second-order valence-electron chi connectivity index (χ2n) is 7.40. The van der Waals surface area contributed by atoms with E-state index in [2.05, 4.69) is 24.1 Å². The second-order valence-corrected chi connectivity index (χ2v) is 7.81. The Bertz CT molecular complexity index is 1140. The molecule has 2 aromatic carbocycles. The molecular weight excluding hydrogens is 443 g/mol. The van der Waals surface area contributed by atoms with Gasteiger partial charge < -0.3 is 14.8 Å². The van der Waals surface area contributed by atoms with E-state index in [9.17, 15) is 22.8 Å². The zero-order valence-electron chi connectivity index (χ0n) is 17.4. The quantitative estimate of drug-likeness (QED) is 0.509. The monoisotopic (exact) mass is 463 g/mol. The summed E-state index contributed by atoms with van der Waals surface area (Å²) in [6, 6.07) is 17.6. The van der Waals surface area contributed by atoms with Gasteiger partial charge >= 0.3 is 6.18 Å². The molecule has 1 aromatic heterocycles. The van der Waals surface area contributed by atoms with Gasteiger partial charge in [-0.2, -0.15) is 13.2 Å². The van der Waals surface area contributed by atoms with Gasteiger partial charge in [0.25, 0.3) is 5.56 Å². The largest absolute Gasteiger partial charge is 0.417 e. The van der Waals surface area contributed by atoms with Crippen molar-refractivity contribution >= 4 is 34.6 Å². The Labute approximate surface area is 188 Å². The van der Waals surface area contributed by atoms with Crippen molar-refractivity contribution in [1.82, 2.24) is 4.57 Å². The molecule has 3 aromatic rings. The van der Waals surface area contributed by atoms with Crippen molar-refractivity contribution < 1.29 is 18.0 Å². The molecule has 0 saturated carbocycles. The molecule has 0 radical (unpaired) electrons. The van der Waals surface area contributed by atoms with E-state index < -0.39 is 34.8 Å². The molecule has 5 nitrogen and oxygen atoms in total. The molecule has 1 amide bonds. The first-order chi connectivity index (χ1) is 15.1. The minimum absolute atomic E-state index is 0.176. The average molecular weight is 464 g/mol. The number of hydrogen-bond donors (Lipinski definition) is 1. The fourth-order valence-corrected chi connectivity index (χ4v) is 3.49. The number of halogens is 4. The van der Waals surface area contributed by atoms with Crippen LogP contribution in [0.15, 0.2) is 71.7 Å². The summed E-state index contributed by atoms with van der Waals surface area (Å²) >= 11 is 5.62. The summed E-state index contributed by atoms with van der Waals surface area (Å²) in [6.07, 6.45) is -4.11. The number of amides is 1. The number of nitrogens with one attached hydrogen (secondary N) is 1. The molecule has 9 heteroatoms. The van der Waals surface area contributed by atoms with Gasteiger partial charge in [0.15, 0.2) is 0 Å². The highest BCUT2D eigenvalue weighted by molar-refractivity contribution is 6.30. The minimum Gasteiger partial charge on any atom is -0.339 e. The van der Waals surface area contributed by atoms with Gasteiger partial charge in [-0.05, 0) is 56.3 Å². The molecule has 0 fully saturated rings. The average Bonchev–Trinajstić information content (AvgIpc) is 2.72. The van der Waals surface area contributed by atoms with Crippen molar-refractivity contribution in [3.63, 3.8) is 0 Å². The molecule has 0 spiro atoms. The third-order valence-electron chi connectivity index (χ3n) is 4.66. The standard InChI is InChI=1S/C23H21ClF3N3O2/c1-15(2)30(18-6-4-3-5-7-18)19-10-8-17(9-11-19)28-21(31)14-29-13-16(23(25,26)27)12-20(24)22(29)32/h3-13,15H,14H2,1-2H3,(H,28,31). The van der Waals surface area contributed by atoms with Crippen molar-refractivity contribution in [3.05, 3.63) is 87.8 Å². The molecule has 0 aliphatic carbocycles. The van der Waals surface area contributed by atoms with Crippen LogP contribution >= 0.6 is 11.6 Å². The van der Waals surface area contributed by atoms with Crippen LogP contribution < -0.4 is 15.8 Å². The summed E-state index contributed by atoms with van der Waals surface area (Å²) in [5, 5.41) is 1.98. The molecule has 0 atom stereocenters. The van der Waals surface area contributed by atoms with Gasteiger partial charge in [-0.1, -0.05) is 29.8 Å². The maximum Gasteiger partial charge on any atom is 0.417 e. The van der Waals surface area contributed by atoms with Gasteiger partial charge in [0.2, 0.25) is 5.91 Å². The first kappa shape index (κ1) is 23.4. The fourth-order valence-electron chi connectivity index (χ4n) is 3.27. The van der Waals surface area contributed by atoms with E-state index in [1.165, 1.54) is 0 Å². The van der Waals surface area contributed by atoms with Crippen LogP contribution in [0.5, 0.6) is 0 Å². The summed E-state index contributed by atoms with van der Waals surface area (Å²) in [5.41, 5.74) is 0.390. The summed E-state index contributed by atoms with van der Waals surface area (Å²) in [5.74, 6) is -0.654. The lowest BCUT2D eigenvalue weighted by Crippen LogP contribution is -2.29. The predicted octanol–water partition coefficient (Wildman–Crippen LogP) is 5.71. The van der Waals surface area contributed by atoms with Gasteiger partial charge in [-0.25, -0.2) is 0 Å². The minimum atomic E-state index is -4.69. The Morgan fingerprint density at radius 3 is 2.22 bits per heavy atom. The molecule has 0 bridgehead atoms. The highest BCUT2D eigenvalue weighted by Gasteiger charge is 2.32. The molecule has 32 heavy (non-hydrogen) atoms. The summed E-state index contributed by atoms with van der Waals surface area (Å²) in [4.78, 5) is 26.5. The van der Waals surface area contributed by atoms with Crippen LogP contribution in [0.3, 0.4) is 0 Å². The first-order valence-corrected chi connectivity index (χ1v) is 10.2. The summed E-state index contributed by atoms with van der Waals surface area (Å²) < 4.78 is 39.5. The lowest BCUT2D eigenvalue weighted by atomic mass is 10.2. The molecule has 1 N–H and O–H groups in total. The summed E-state index contributed by atoms with van der Waals surface area (Å²) in [7, 11) is 0. The Balaban J connectivity index is 1.76.